The predicted octanol–water partition coefficient (Wildman–Crippen LogP) is 0.551. The first-order valence-electron chi connectivity index (χ1n) is 5.51. The number of aromatic nitrogens is 4. The highest BCUT2D eigenvalue weighted by Crippen LogP contribution is 2.10. The second-order valence-corrected chi connectivity index (χ2v) is 3.84. The molecule has 7 nitrogen and oxygen atoms in total. The maximum Gasteiger partial charge on any atom is 0.158 e. The van der Waals surface area contributed by atoms with Crippen molar-refractivity contribution in [2.24, 2.45) is 7.05 Å². The van der Waals surface area contributed by atoms with Gasteiger partial charge >= 0.3 is 0 Å². The van der Waals surface area contributed by atoms with Gasteiger partial charge in [0, 0.05) is 32.6 Å². The molecule has 0 aliphatic carbocycles. The number of methoxy groups -OCH3 is 1. The van der Waals surface area contributed by atoms with Crippen LogP contribution in [0.25, 0.3) is 0 Å². The number of nitrogens with zero attached hydrogens (tertiary/aromatic N) is 4. The number of hydrogen-bond acceptors (Lipinski definition) is 6. The minimum Gasteiger partial charge on any atom is -0.384 e. The number of anilines is 2. The number of rotatable bonds is 5. The van der Waals surface area contributed by atoms with E-state index in [1.165, 1.54) is 0 Å². The Kier molecular flexibility index (Phi) is 3.73. The molecule has 18 heavy (non-hydrogen) atoms. The van der Waals surface area contributed by atoms with E-state index in [0.717, 1.165) is 5.82 Å². The van der Waals surface area contributed by atoms with Crippen molar-refractivity contribution in [3.8, 4) is 0 Å². The minimum atomic E-state index is 0.335. The molecule has 0 atom stereocenters. The topological polar surface area (TPSA) is 90.9 Å². The van der Waals surface area contributed by atoms with Gasteiger partial charge in [-0.3, -0.25) is 0 Å². The lowest BCUT2D eigenvalue weighted by Crippen LogP contribution is -2.09. The summed E-state index contributed by atoms with van der Waals surface area (Å²) in [4.78, 5) is 12.6. The summed E-state index contributed by atoms with van der Waals surface area (Å²) < 4.78 is 6.92. The van der Waals surface area contributed by atoms with Gasteiger partial charge in [0.15, 0.2) is 5.82 Å². The Hall–Kier alpha value is -2.15. The van der Waals surface area contributed by atoms with Crippen molar-refractivity contribution < 1.29 is 4.74 Å². The number of nitrogen functional groups attached to an aromatic ring is 1. The smallest absolute Gasteiger partial charge is 0.158 e. The lowest BCUT2D eigenvalue weighted by atomic mass is 10.4. The molecule has 0 aliphatic rings. The average Bonchev–Trinajstić information content (AvgIpc) is 2.72. The number of nitrogens with two attached hydrogens (primary N) is 1. The van der Waals surface area contributed by atoms with Crippen molar-refractivity contribution in [3.63, 3.8) is 0 Å². The fourth-order valence-corrected chi connectivity index (χ4v) is 1.54. The molecule has 0 radical (unpaired) electrons. The Morgan fingerprint density at radius 1 is 1.44 bits per heavy atom. The maximum atomic E-state index is 5.70. The number of nitrogens with one attached hydrogen (secondary N) is 1. The normalized spacial score (nSPS) is 10.6. The molecule has 2 rings (SSSR count). The molecule has 0 spiro atoms. The highest BCUT2D eigenvalue weighted by atomic mass is 16.5. The summed E-state index contributed by atoms with van der Waals surface area (Å²) in [6.45, 7) is 0.911. The summed E-state index contributed by atoms with van der Waals surface area (Å²) in [5.74, 6) is 2.55. The third-order valence-corrected chi connectivity index (χ3v) is 2.41. The van der Waals surface area contributed by atoms with Crippen LogP contribution in [-0.4, -0.2) is 26.6 Å². The van der Waals surface area contributed by atoms with E-state index in [9.17, 15) is 0 Å². The average molecular weight is 248 g/mol. The van der Waals surface area contributed by atoms with Gasteiger partial charge in [-0.05, 0) is 0 Å². The van der Waals surface area contributed by atoms with Gasteiger partial charge in [-0.15, -0.1) is 0 Å². The van der Waals surface area contributed by atoms with E-state index in [4.69, 9.17) is 10.5 Å². The quantitative estimate of drug-likeness (QED) is 0.803. The van der Waals surface area contributed by atoms with Crippen LogP contribution in [0, 0.1) is 0 Å². The molecule has 2 heterocycles. The van der Waals surface area contributed by atoms with Crippen LogP contribution < -0.4 is 11.1 Å². The number of hydrogen-bond donors (Lipinski definition) is 2. The lowest BCUT2D eigenvalue weighted by molar-refractivity contribution is 0.178. The Labute approximate surface area is 105 Å². The molecule has 0 bridgehead atoms. The maximum absolute atomic E-state index is 5.70. The zero-order valence-electron chi connectivity index (χ0n) is 10.4. The van der Waals surface area contributed by atoms with Crippen LogP contribution in [0.15, 0.2) is 18.5 Å². The number of ether oxygens (including phenoxy) is 1. The second-order valence-electron chi connectivity index (χ2n) is 3.84. The monoisotopic (exact) mass is 248 g/mol. The van der Waals surface area contributed by atoms with Crippen molar-refractivity contribution in [1.29, 1.82) is 0 Å². The summed E-state index contributed by atoms with van der Waals surface area (Å²) in [5.41, 5.74) is 5.70. The van der Waals surface area contributed by atoms with Gasteiger partial charge in [0.2, 0.25) is 0 Å². The molecule has 0 saturated heterocycles. The molecular weight excluding hydrogens is 232 g/mol. The zero-order valence-corrected chi connectivity index (χ0v) is 10.4. The molecule has 7 heteroatoms. The van der Waals surface area contributed by atoms with Crippen molar-refractivity contribution in [2.45, 2.75) is 13.2 Å². The van der Waals surface area contributed by atoms with Crippen molar-refractivity contribution in [1.82, 2.24) is 19.5 Å². The van der Waals surface area contributed by atoms with Gasteiger partial charge in [-0.25, -0.2) is 15.0 Å². The number of imidazole rings is 1. The van der Waals surface area contributed by atoms with Gasteiger partial charge in [0.25, 0.3) is 0 Å². The van der Waals surface area contributed by atoms with E-state index in [2.05, 4.69) is 20.3 Å². The molecular formula is C11H16N6O. The minimum absolute atomic E-state index is 0.335. The molecule has 3 N–H and O–H groups in total. The molecule has 0 fully saturated rings. The Balaban J connectivity index is 2.07. The van der Waals surface area contributed by atoms with Gasteiger partial charge in [0.1, 0.15) is 24.1 Å². The van der Waals surface area contributed by atoms with Gasteiger partial charge in [-0.2, -0.15) is 0 Å². The standard InChI is InChI=1S/C11H16N6O/c1-17-4-3-13-11(17)6-14-9-5-8(12)15-10(16-9)7-18-2/h3-5H,6-7H2,1-2H3,(H3,12,14,15,16). The van der Waals surface area contributed by atoms with Crippen LogP contribution in [0.1, 0.15) is 11.6 Å². The molecule has 0 amide bonds. The molecule has 0 aliphatic heterocycles. The second kappa shape index (κ2) is 5.46. The molecule has 0 aromatic carbocycles. The van der Waals surface area contributed by atoms with E-state index in [1.54, 1.807) is 19.4 Å². The van der Waals surface area contributed by atoms with Crippen molar-refractivity contribution >= 4 is 11.6 Å². The zero-order chi connectivity index (χ0) is 13.0. The summed E-state index contributed by atoms with van der Waals surface area (Å²) >= 11 is 0. The van der Waals surface area contributed by atoms with E-state index in [0.29, 0.717) is 30.6 Å². The first-order valence-corrected chi connectivity index (χ1v) is 5.51. The fourth-order valence-electron chi connectivity index (χ4n) is 1.54. The van der Waals surface area contributed by atoms with Crippen molar-refractivity contribution in [3.05, 3.63) is 30.1 Å². The van der Waals surface area contributed by atoms with Crippen LogP contribution in [0.4, 0.5) is 11.6 Å². The molecule has 2 aromatic rings. The summed E-state index contributed by atoms with van der Waals surface area (Å²) in [6, 6.07) is 1.68. The Morgan fingerprint density at radius 2 is 2.28 bits per heavy atom. The van der Waals surface area contributed by atoms with E-state index in [1.807, 2.05) is 17.8 Å². The van der Waals surface area contributed by atoms with Crippen molar-refractivity contribution in [2.75, 3.05) is 18.2 Å². The Bertz CT molecular complexity index is 524. The van der Waals surface area contributed by atoms with Gasteiger partial charge in [-0.1, -0.05) is 0 Å². The van der Waals surface area contributed by atoms with Crippen LogP contribution in [-0.2, 0) is 24.9 Å². The van der Waals surface area contributed by atoms with E-state index < -0.39 is 0 Å². The largest absolute Gasteiger partial charge is 0.384 e. The third-order valence-electron chi connectivity index (χ3n) is 2.41. The van der Waals surface area contributed by atoms with Gasteiger partial charge < -0.3 is 20.4 Å². The van der Waals surface area contributed by atoms with Gasteiger partial charge in [0.05, 0.1) is 6.54 Å². The van der Waals surface area contributed by atoms with Crippen LogP contribution >= 0.6 is 0 Å². The van der Waals surface area contributed by atoms with E-state index in [-0.39, 0.29) is 0 Å². The predicted molar refractivity (Wildman–Crippen MR) is 67.7 cm³/mol. The molecule has 0 unspecified atom stereocenters. The highest BCUT2D eigenvalue weighted by molar-refractivity contribution is 5.44. The highest BCUT2D eigenvalue weighted by Gasteiger charge is 2.04. The molecule has 0 saturated carbocycles. The van der Waals surface area contributed by atoms with E-state index >= 15 is 0 Å². The lowest BCUT2D eigenvalue weighted by Gasteiger charge is -2.08. The van der Waals surface area contributed by atoms with Crippen LogP contribution in [0.3, 0.4) is 0 Å². The summed E-state index contributed by atoms with van der Waals surface area (Å²) in [5, 5.41) is 3.16. The fraction of sp³-hybridized carbons (Fsp3) is 0.364. The van der Waals surface area contributed by atoms with Crippen LogP contribution in [0.5, 0.6) is 0 Å². The number of aryl methyl sites for hydroxylation is 1. The SMILES string of the molecule is COCc1nc(N)cc(NCc2nccn2C)n1. The third kappa shape index (κ3) is 2.95. The Morgan fingerprint density at radius 3 is 2.94 bits per heavy atom. The first kappa shape index (κ1) is 12.3. The molecule has 96 valence electrons. The summed E-state index contributed by atoms with van der Waals surface area (Å²) in [6.07, 6.45) is 3.64. The molecule has 2 aromatic heterocycles. The summed E-state index contributed by atoms with van der Waals surface area (Å²) in [7, 11) is 3.53. The van der Waals surface area contributed by atoms with Crippen LogP contribution in [0.2, 0.25) is 0 Å². The first-order chi connectivity index (χ1) is 8.69.